The minimum Gasteiger partial charge on any atom is -0.468 e. The molecule has 1 fully saturated rings. The molecule has 1 atom stereocenters. The zero-order valence-electron chi connectivity index (χ0n) is 12.8. The summed E-state index contributed by atoms with van der Waals surface area (Å²) in [5.74, 6) is 0.565. The Labute approximate surface area is 117 Å². The predicted octanol–water partition coefficient (Wildman–Crippen LogP) is 2.51. The minimum atomic E-state index is -0.728. The topological polar surface area (TPSA) is 47.6 Å². The third-order valence-corrected chi connectivity index (χ3v) is 3.97. The van der Waals surface area contributed by atoms with E-state index in [1.807, 2.05) is 6.92 Å². The molecular weight excluding hydrogens is 242 g/mol. The highest BCUT2D eigenvalue weighted by atomic mass is 16.5. The van der Waals surface area contributed by atoms with Crippen LogP contribution in [0.3, 0.4) is 0 Å². The van der Waals surface area contributed by atoms with E-state index in [9.17, 15) is 4.79 Å². The Morgan fingerprint density at radius 2 is 1.95 bits per heavy atom. The molecule has 1 unspecified atom stereocenters. The van der Waals surface area contributed by atoms with Crippen molar-refractivity contribution in [2.24, 2.45) is 5.92 Å². The van der Waals surface area contributed by atoms with Crippen molar-refractivity contribution in [3.05, 3.63) is 0 Å². The highest BCUT2D eigenvalue weighted by Gasteiger charge is 2.35. The first kappa shape index (κ1) is 16.4. The van der Waals surface area contributed by atoms with Crippen molar-refractivity contribution in [3.63, 3.8) is 0 Å². The summed E-state index contributed by atoms with van der Waals surface area (Å²) in [7, 11) is 1.43. The Hall–Kier alpha value is -0.610. The fourth-order valence-electron chi connectivity index (χ4n) is 2.49. The van der Waals surface area contributed by atoms with Crippen LogP contribution in [0.5, 0.6) is 0 Å². The normalized spacial score (nSPS) is 26.7. The van der Waals surface area contributed by atoms with Crippen LogP contribution in [0, 0.1) is 5.92 Å². The Morgan fingerprint density at radius 3 is 2.47 bits per heavy atom. The van der Waals surface area contributed by atoms with Gasteiger partial charge in [-0.05, 0) is 51.5 Å². The van der Waals surface area contributed by atoms with Crippen LogP contribution in [-0.2, 0) is 14.3 Å². The van der Waals surface area contributed by atoms with Gasteiger partial charge >= 0.3 is 5.97 Å². The third kappa shape index (κ3) is 5.11. The Balaban J connectivity index is 2.46. The van der Waals surface area contributed by atoms with Crippen LogP contribution in [0.4, 0.5) is 0 Å². The molecule has 0 saturated heterocycles. The van der Waals surface area contributed by atoms with Gasteiger partial charge in [0.25, 0.3) is 0 Å². The number of nitrogens with one attached hydrogen (secondary N) is 1. The van der Waals surface area contributed by atoms with Crippen molar-refractivity contribution < 1.29 is 14.3 Å². The fraction of sp³-hybridized carbons (Fsp3) is 0.933. The van der Waals surface area contributed by atoms with Crippen molar-refractivity contribution in [2.45, 2.75) is 64.5 Å². The summed E-state index contributed by atoms with van der Waals surface area (Å²) in [6.45, 7) is 7.40. The van der Waals surface area contributed by atoms with Gasteiger partial charge in [0, 0.05) is 0 Å². The van der Waals surface area contributed by atoms with Gasteiger partial charge in [0.15, 0.2) is 0 Å². The molecule has 0 aromatic heterocycles. The summed E-state index contributed by atoms with van der Waals surface area (Å²) in [6.07, 6.45) is 5.93. The lowest BCUT2D eigenvalue weighted by atomic mass is 9.89. The Bertz CT molecular complexity index is 275. The predicted molar refractivity (Wildman–Crippen MR) is 76.1 cm³/mol. The van der Waals surface area contributed by atoms with E-state index >= 15 is 0 Å². The molecule has 1 aliphatic rings. The van der Waals surface area contributed by atoms with Crippen LogP contribution in [0.1, 0.15) is 52.9 Å². The van der Waals surface area contributed by atoms with Crippen molar-refractivity contribution in [3.8, 4) is 0 Å². The van der Waals surface area contributed by atoms with Gasteiger partial charge in [-0.1, -0.05) is 13.8 Å². The molecule has 1 saturated carbocycles. The summed E-state index contributed by atoms with van der Waals surface area (Å²) in [4.78, 5) is 11.9. The first-order valence-corrected chi connectivity index (χ1v) is 7.47. The van der Waals surface area contributed by atoms with Crippen molar-refractivity contribution >= 4 is 5.97 Å². The number of carbonyl (C=O) groups is 1. The van der Waals surface area contributed by atoms with E-state index in [1.165, 1.54) is 20.0 Å². The maximum atomic E-state index is 11.9. The molecule has 4 heteroatoms. The molecule has 19 heavy (non-hydrogen) atoms. The number of rotatable bonds is 7. The average Bonchev–Trinajstić information content (AvgIpc) is 2.43. The van der Waals surface area contributed by atoms with E-state index in [0.717, 1.165) is 31.7 Å². The second kappa shape index (κ2) is 7.85. The molecule has 0 aromatic rings. The highest BCUT2D eigenvalue weighted by Crippen LogP contribution is 2.26. The van der Waals surface area contributed by atoms with E-state index in [0.29, 0.717) is 12.7 Å². The van der Waals surface area contributed by atoms with Crippen molar-refractivity contribution in [1.82, 2.24) is 5.32 Å². The standard InChI is InChI=1S/C15H29NO3/c1-5-10-16-15(3,14(17)18-4)11-19-13-8-6-12(2)7-9-13/h12-13,16H,5-11H2,1-4H3. The SMILES string of the molecule is CCCNC(C)(COC1CCC(C)CC1)C(=O)OC. The number of carbonyl (C=O) groups excluding carboxylic acids is 1. The summed E-state index contributed by atoms with van der Waals surface area (Å²) in [6, 6.07) is 0. The lowest BCUT2D eigenvalue weighted by molar-refractivity contribution is -0.152. The van der Waals surface area contributed by atoms with Gasteiger partial charge < -0.3 is 14.8 Å². The molecule has 0 bridgehead atoms. The molecule has 0 radical (unpaired) electrons. The maximum Gasteiger partial charge on any atom is 0.328 e. The number of methoxy groups -OCH3 is 1. The second-order valence-corrected chi connectivity index (χ2v) is 5.94. The molecule has 1 aliphatic carbocycles. The summed E-state index contributed by atoms with van der Waals surface area (Å²) < 4.78 is 10.8. The second-order valence-electron chi connectivity index (χ2n) is 5.94. The van der Waals surface area contributed by atoms with E-state index in [1.54, 1.807) is 0 Å². The van der Waals surface area contributed by atoms with Crippen LogP contribution >= 0.6 is 0 Å². The van der Waals surface area contributed by atoms with Gasteiger partial charge in [0.2, 0.25) is 0 Å². The van der Waals surface area contributed by atoms with Gasteiger partial charge in [0.05, 0.1) is 19.8 Å². The molecule has 0 amide bonds. The first-order chi connectivity index (χ1) is 9.01. The average molecular weight is 271 g/mol. The summed E-state index contributed by atoms with van der Waals surface area (Å²) in [5, 5.41) is 3.25. The smallest absolute Gasteiger partial charge is 0.328 e. The zero-order valence-corrected chi connectivity index (χ0v) is 12.8. The monoisotopic (exact) mass is 271 g/mol. The number of ether oxygens (including phenoxy) is 2. The molecule has 1 N–H and O–H groups in total. The minimum absolute atomic E-state index is 0.245. The number of hydrogen-bond acceptors (Lipinski definition) is 4. The molecule has 112 valence electrons. The number of esters is 1. The molecule has 4 nitrogen and oxygen atoms in total. The lowest BCUT2D eigenvalue weighted by Gasteiger charge is -2.32. The Morgan fingerprint density at radius 1 is 1.32 bits per heavy atom. The fourth-order valence-corrected chi connectivity index (χ4v) is 2.49. The molecule has 0 heterocycles. The zero-order chi connectivity index (χ0) is 14.3. The van der Waals surface area contributed by atoms with Gasteiger partial charge in [-0.25, -0.2) is 4.79 Å². The lowest BCUT2D eigenvalue weighted by Crippen LogP contribution is -2.54. The van der Waals surface area contributed by atoms with E-state index in [-0.39, 0.29) is 5.97 Å². The van der Waals surface area contributed by atoms with Crippen LogP contribution in [0.15, 0.2) is 0 Å². The molecule has 0 aromatic carbocycles. The van der Waals surface area contributed by atoms with Crippen molar-refractivity contribution in [1.29, 1.82) is 0 Å². The molecule has 0 aliphatic heterocycles. The van der Waals surface area contributed by atoms with E-state index < -0.39 is 5.54 Å². The molecular formula is C15H29NO3. The van der Waals surface area contributed by atoms with Crippen LogP contribution < -0.4 is 5.32 Å². The van der Waals surface area contributed by atoms with Gasteiger partial charge in [0.1, 0.15) is 5.54 Å². The van der Waals surface area contributed by atoms with Gasteiger partial charge in [-0.3, -0.25) is 0 Å². The van der Waals surface area contributed by atoms with Crippen molar-refractivity contribution in [2.75, 3.05) is 20.3 Å². The third-order valence-electron chi connectivity index (χ3n) is 3.97. The van der Waals surface area contributed by atoms with Crippen LogP contribution in [0.2, 0.25) is 0 Å². The highest BCUT2D eigenvalue weighted by molar-refractivity contribution is 5.80. The van der Waals surface area contributed by atoms with Crippen LogP contribution in [-0.4, -0.2) is 37.9 Å². The Kier molecular flexibility index (Phi) is 6.80. The maximum absolute atomic E-state index is 11.9. The summed E-state index contributed by atoms with van der Waals surface area (Å²) in [5.41, 5.74) is -0.728. The van der Waals surface area contributed by atoms with Crippen LogP contribution in [0.25, 0.3) is 0 Å². The first-order valence-electron chi connectivity index (χ1n) is 7.47. The van der Waals surface area contributed by atoms with E-state index in [4.69, 9.17) is 9.47 Å². The largest absolute Gasteiger partial charge is 0.468 e. The number of hydrogen-bond donors (Lipinski definition) is 1. The quantitative estimate of drug-likeness (QED) is 0.723. The molecule has 1 rings (SSSR count). The molecule has 0 spiro atoms. The van der Waals surface area contributed by atoms with Gasteiger partial charge in [-0.15, -0.1) is 0 Å². The van der Waals surface area contributed by atoms with Gasteiger partial charge in [-0.2, -0.15) is 0 Å². The van der Waals surface area contributed by atoms with E-state index in [2.05, 4.69) is 19.2 Å². The summed E-state index contributed by atoms with van der Waals surface area (Å²) >= 11 is 0.